The van der Waals surface area contributed by atoms with Gasteiger partial charge in [0.05, 0.1) is 16.1 Å². The van der Waals surface area contributed by atoms with Crippen molar-refractivity contribution in [2.45, 2.75) is 17.4 Å². The first-order valence-electron chi connectivity index (χ1n) is 6.05. The lowest BCUT2D eigenvalue weighted by Gasteiger charge is -2.11. The molecule has 0 bridgehead atoms. The van der Waals surface area contributed by atoms with Crippen molar-refractivity contribution in [2.75, 3.05) is 5.75 Å². The van der Waals surface area contributed by atoms with Gasteiger partial charge in [-0.2, -0.15) is 0 Å². The van der Waals surface area contributed by atoms with Crippen molar-refractivity contribution < 1.29 is 5.11 Å². The molecule has 0 saturated heterocycles. The Bertz CT molecular complexity index is 575. The molecule has 1 atom stereocenters. The van der Waals surface area contributed by atoms with Crippen LogP contribution < -0.4 is 0 Å². The standard InChI is InChI=1S/C15H13BrCl2OS/c16-11-2-4-13(5-3-11)20-9-12(19)7-10-1-6-14(17)15(18)8-10/h1-6,8,12,19H,7,9H2. The molecule has 0 aliphatic carbocycles. The number of hydrogen-bond acceptors (Lipinski definition) is 2. The zero-order valence-electron chi connectivity index (χ0n) is 10.5. The third-order valence-electron chi connectivity index (χ3n) is 2.71. The molecule has 2 rings (SSSR count). The molecule has 1 nitrogen and oxygen atoms in total. The summed E-state index contributed by atoms with van der Waals surface area (Å²) in [4.78, 5) is 1.14. The predicted molar refractivity (Wildman–Crippen MR) is 91.0 cm³/mol. The number of thioether (sulfide) groups is 1. The van der Waals surface area contributed by atoms with Gasteiger partial charge in [0, 0.05) is 15.1 Å². The van der Waals surface area contributed by atoms with E-state index in [4.69, 9.17) is 23.2 Å². The molecule has 0 fully saturated rings. The normalized spacial score (nSPS) is 12.4. The lowest BCUT2D eigenvalue weighted by Crippen LogP contribution is -2.13. The average molecular weight is 392 g/mol. The van der Waals surface area contributed by atoms with E-state index >= 15 is 0 Å². The van der Waals surface area contributed by atoms with E-state index in [9.17, 15) is 5.11 Å². The summed E-state index contributed by atoms with van der Waals surface area (Å²) in [6.45, 7) is 0. The third-order valence-corrected chi connectivity index (χ3v) is 5.14. The van der Waals surface area contributed by atoms with Crippen molar-refractivity contribution in [3.05, 3.63) is 62.5 Å². The number of aliphatic hydroxyl groups excluding tert-OH is 1. The largest absolute Gasteiger partial charge is 0.392 e. The molecule has 2 aromatic rings. The van der Waals surface area contributed by atoms with Crippen LogP contribution >= 0.6 is 50.9 Å². The van der Waals surface area contributed by atoms with Gasteiger partial charge in [0.2, 0.25) is 0 Å². The Hall–Kier alpha value is -0.190. The molecule has 0 heterocycles. The van der Waals surface area contributed by atoms with Crippen molar-refractivity contribution in [3.63, 3.8) is 0 Å². The Morgan fingerprint density at radius 2 is 1.75 bits per heavy atom. The molecule has 1 N–H and O–H groups in total. The maximum Gasteiger partial charge on any atom is 0.0674 e. The summed E-state index contributed by atoms with van der Waals surface area (Å²) in [6, 6.07) is 13.5. The van der Waals surface area contributed by atoms with Gasteiger partial charge in [0.1, 0.15) is 0 Å². The first-order valence-corrected chi connectivity index (χ1v) is 8.58. The van der Waals surface area contributed by atoms with Crippen molar-refractivity contribution >= 4 is 50.9 Å². The first kappa shape index (κ1) is 16.2. The second-order valence-corrected chi connectivity index (χ2v) is 7.19. The van der Waals surface area contributed by atoms with E-state index in [0.717, 1.165) is 14.9 Å². The molecule has 0 aliphatic heterocycles. The van der Waals surface area contributed by atoms with E-state index < -0.39 is 6.10 Å². The van der Waals surface area contributed by atoms with Crippen LogP contribution in [0.25, 0.3) is 0 Å². The molecular weight excluding hydrogens is 379 g/mol. The maximum atomic E-state index is 10.1. The zero-order valence-corrected chi connectivity index (χ0v) is 14.4. The van der Waals surface area contributed by atoms with Gasteiger partial charge in [-0.3, -0.25) is 0 Å². The van der Waals surface area contributed by atoms with Crippen LogP contribution in [0.1, 0.15) is 5.56 Å². The number of halogens is 3. The average Bonchev–Trinajstić information content (AvgIpc) is 2.42. The molecule has 106 valence electrons. The van der Waals surface area contributed by atoms with Crippen LogP contribution in [0.3, 0.4) is 0 Å². The summed E-state index contributed by atoms with van der Waals surface area (Å²) in [5.41, 5.74) is 0.989. The summed E-state index contributed by atoms with van der Waals surface area (Å²) in [7, 11) is 0. The monoisotopic (exact) mass is 390 g/mol. The van der Waals surface area contributed by atoms with Crippen molar-refractivity contribution in [3.8, 4) is 0 Å². The smallest absolute Gasteiger partial charge is 0.0674 e. The van der Waals surface area contributed by atoms with E-state index in [1.54, 1.807) is 23.9 Å². The minimum Gasteiger partial charge on any atom is -0.392 e. The molecule has 5 heteroatoms. The summed E-state index contributed by atoms with van der Waals surface area (Å²) in [5.74, 6) is 0.641. The Balaban J connectivity index is 1.87. The molecule has 0 spiro atoms. The quantitative estimate of drug-likeness (QED) is 0.683. The van der Waals surface area contributed by atoms with Crippen LogP contribution in [-0.4, -0.2) is 17.0 Å². The van der Waals surface area contributed by atoms with Gasteiger partial charge in [-0.15, -0.1) is 11.8 Å². The Morgan fingerprint density at radius 1 is 1.05 bits per heavy atom. The highest BCUT2D eigenvalue weighted by molar-refractivity contribution is 9.10. The van der Waals surface area contributed by atoms with Crippen molar-refractivity contribution in [1.29, 1.82) is 0 Å². The van der Waals surface area contributed by atoms with Gasteiger partial charge in [-0.25, -0.2) is 0 Å². The third kappa shape index (κ3) is 4.97. The van der Waals surface area contributed by atoms with E-state index in [-0.39, 0.29) is 0 Å². The van der Waals surface area contributed by atoms with Crippen molar-refractivity contribution in [2.24, 2.45) is 0 Å². The van der Waals surface area contributed by atoms with Crippen LogP contribution in [0, 0.1) is 0 Å². The summed E-state index contributed by atoms with van der Waals surface area (Å²) in [6.07, 6.45) is 0.154. The number of aliphatic hydroxyl groups is 1. The van der Waals surface area contributed by atoms with E-state index in [1.165, 1.54) is 0 Å². The van der Waals surface area contributed by atoms with Crippen LogP contribution in [0.5, 0.6) is 0 Å². The first-order chi connectivity index (χ1) is 9.54. The molecule has 0 saturated carbocycles. The van der Waals surface area contributed by atoms with Crippen molar-refractivity contribution in [1.82, 2.24) is 0 Å². The van der Waals surface area contributed by atoms with E-state index in [2.05, 4.69) is 15.9 Å². The highest BCUT2D eigenvalue weighted by Crippen LogP contribution is 2.25. The number of rotatable bonds is 5. The highest BCUT2D eigenvalue weighted by Gasteiger charge is 2.08. The summed E-state index contributed by atoms with van der Waals surface area (Å²) >= 11 is 16.9. The SMILES string of the molecule is OC(CSc1ccc(Br)cc1)Cc1ccc(Cl)c(Cl)c1. The van der Waals surface area contributed by atoms with Gasteiger partial charge in [0.15, 0.2) is 0 Å². The second-order valence-electron chi connectivity index (χ2n) is 4.37. The molecule has 0 amide bonds. The minimum atomic E-state index is -0.416. The summed E-state index contributed by atoms with van der Waals surface area (Å²) in [5, 5.41) is 11.1. The maximum absolute atomic E-state index is 10.1. The lowest BCUT2D eigenvalue weighted by molar-refractivity contribution is 0.200. The molecule has 20 heavy (non-hydrogen) atoms. The van der Waals surface area contributed by atoms with Gasteiger partial charge in [-0.1, -0.05) is 45.2 Å². The highest BCUT2D eigenvalue weighted by atomic mass is 79.9. The fourth-order valence-corrected chi connectivity index (χ4v) is 3.14. The second kappa shape index (κ2) is 7.71. The van der Waals surface area contributed by atoms with Gasteiger partial charge >= 0.3 is 0 Å². The molecular formula is C15H13BrCl2OS. The fourth-order valence-electron chi connectivity index (χ4n) is 1.72. The number of hydrogen-bond donors (Lipinski definition) is 1. The molecule has 0 aromatic heterocycles. The van der Waals surface area contributed by atoms with Gasteiger partial charge in [0.25, 0.3) is 0 Å². The Labute approximate surface area is 141 Å². The summed E-state index contributed by atoms with van der Waals surface area (Å²) < 4.78 is 1.05. The predicted octanol–water partition coefficient (Wildman–Crippen LogP) is 5.45. The molecule has 2 aromatic carbocycles. The van der Waals surface area contributed by atoms with Crippen LogP contribution in [-0.2, 0) is 6.42 Å². The minimum absolute atomic E-state index is 0.416. The van der Waals surface area contributed by atoms with Gasteiger partial charge in [-0.05, 0) is 48.4 Å². The molecule has 0 aliphatic rings. The van der Waals surface area contributed by atoms with Crippen LogP contribution in [0.4, 0.5) is 0 Å². The van der Waals surface area contributed by atoms with E-state index in [0.29, 0.717) is 22.2 Å². The zero-order chi connectivity index (χ0) is 14.5. The Kier molecular flexibility index (Phi) is 6.24. The molecule has 1 unspecified atom stereocenters. The molecule has 0 radical (unpaired) electrons. The topological polar surface area (TPSA) is 20.2 Å². The Morgan fingerprint density at radius 3 is 2.40 bits per heavy atom. The fraction of sp³-hybridized carbons (Fsp3) is 0.200. The van der Waals surface area contributed by atoms with Gasteiger partial charge < -0.3 is 5.11 Å². The van der Waals surface area contributed by atoms with Crippen LogP contribution in [0.15, 0.2) is 51.8 Å². The van der Waals surface area contributed by atoms with Crippen LogP contribution in [0.2, 0.25) is 10.0 Å². The number of benzene rings is 2. The lowest BCUT2D eigenvalue weighted by atomic mass is 10.1. The van der Waals surface area contributed by atoms with E-state index in [1.807, 2.05) is 30.3 Å².